The number of aliphatic hydroxyl groups is 2. The number of methoxy groups -OCH3 is 1. The first-order valence-electron chi connectivity index (χ1n) is 18.8. The van der Waals surface area contributed by atoms with Crippen molar-refractivity contribution in [1.82, 2.24) is 4.90 Å². The van der Waals surface area contributed by atoms with Crippen molar-refractivity contribution in [2.45, 2.75) is 89.1 Å². The Hall–Kier alpha value is -4.93. The van der Waals surface area contributed by atoms with Crippen molar-refractivity contribution in [1.29, 1.82) is 0 Å². The van der Waals surface area contributed by atoms with E-state index >= 15 is 0 Å². The number of fused-ring (bicyclic) bond motifs is 8. The molecule has 4 unspecified atom stereocenters. The van der Waals surface area contributed by atoms with Crippen LogP contribution in [0, 0.1) is 5.41 Å². The number of hydrogen-bond donors (Lipinski definition) is 3. The number of urea groups is 1. The first-order valence-corrected chi connectivity index (χ1v) is 18.8. The van der Waals surface area contributed by atoms with Gasteiger partial charge in [-0.15, -0.1) is 0 Å². The van der Waals surface area contributed by atoms with Crippen molar-refractivity contribution < 1.29 is 37.7 Å². The van der Waals surface area contributed by atoms with Gasteiger partial charge in [-0.1, -0.05) is 73.2 Å². The van der Waals surface area contributed by atoms with Crippen molar-refractivity contribution in [3.8, 4) is 5.75 Å². The number of aliphatic hydroxyl groups excluding tert-OH is 1. The number of nitrogens with one attached hydrogen (secondary N) is 1. The van der Waals surface area contributed by atoms with Gasteiger partial charge in [-0.05, 0) is 117 Å². The van der Waals surface area contributed by atoms with Crippen LogP contribution in [-0.2, 0) is 19.1 Å². The van der Waals surface area contributed by atoms with Gasteiger partial charge in [0.05, 0.1) is 30.9 Å². The molecule has 4 atom stereocenters. The topological polar surface area (TPSA) is 99.1 Å². The molecule has 3 aliphatic rings. The smallest absolute Gasteiger partial charge is 0.416 e. The fraction of sp³-hybridized carbons (Fsp3) is 0.378. The number of anilines is 1. The molecule has 55 heavy (non-hydrogen) atoms. The van der Waals surface area contributed by atoms with Crippen molar-refractivity contribution in [3.05, 3.63) is 142 Å². The Morgan fingerprint density at radius 2 is 1.69 bits per heavy atom. The highest BCUT2D eigenvalue weighted by atomic mass is 19.4. The summed E-state index contributed by atoms with van der Waals surface area (Å²) >= 11 is 0. The number of ether oxygens (including phenoxy) is 1. The molecule has 1 fully saturated rings. The normalized spacial score (nSPS) is 22.9. The zero-order valence-corrected chi connectivity index (χ0v) is 31.5. The second kappa shape index (κ2) is 16.4. The maximum atomic E-state index is 14.4. The highest BCUT2D eigenvalue weighted by Crippen LogP contribution is 2.59. The van der Waals surface area contributed by atoms with Gasteiger partial charge in [-0.2, -0.15) is 13.2 Å². The van der Waals surface area contributed by atoms with E-state index < -0.39 is 40.7 Å². The molecule has 0 heterocycles. The minimum absolute atomic E-state index is 0.0131. The van der Waals surface area contributed by atoms with Gasteiger partial charge in [-0.3, -0.25) is 4.79 Å². The lowest BCUT2D eigenvalue weighted by Gasteiger charge is -2.46. The van der Waals surface area contributed by atoms with Crippen molar-refractivity contribution >= 4 is 17.5 Å². The van der Waals surface area contributed by atoms with Gasteiger partial charge in [0.25, 0.3) is 0 Å². The van der Waals surface area contributed by atoms with E-state index in [9.17, 15) is 33.0 Å². The van der Waals surface area contributed by atoms with E-state index in [0.29, 0.717) is 61.1 Å². The van der Waals surface area contributed by atoms with Crippen molar-refractivity contribution in [2.24, 2.45) is 5.41 Å². The Kier molecular flexibility index (Phi) is 11.9. The van der Waals surface area contributed by atoms with Crippen molar-refractivity contribution in [3.63, 3.8) is 0 Å². The van der Waals surface area contributed by atoms with Crippen LogP contribution in [0.5, 0.6) is 5.75 Å². The molecule has 0 spiro atoms. The predicted octanol–water partition coefficient (Wildman–Crippen LogP) is 9.72. The number of alkyl halides is 3. The molecule has 3 aliphatic carbocycles. The van der Waals surface area contributed by atoms with E-state index in [1.807, 2.05) is 56.3 Å². The Labute approximate surface area is 320 Å². The molecular weight excluding hydrogens is 705 g/mol. The van der Waals surface area contributed by atoms with Crippen LogP contribution in [0.1, 0.15) is 96.5 Å². The highest BCUT2D eigenvalue weighted by molar-refractivity contribution is 6.10. The van der Waals surface area contributed by atoms with E-state index in [4.69, 9.17) is 4.74 Å². The fourth-order valence-electron chi connectivity index (χ4n) is 8.38. The Balaban J connectivity index is 1.42. The molecule has 2 bridgehead atoms. The van der Waals surface area contributed by atoms with Crippen LogP contribution in [0.2, 0.25) is 0 Å². The van der Waals surface area contributed by atoms with Gasteiger partial charge in [0, 0.05) is 28.8 Å². The summed E-state index contributed by atoms with van der Waals surface area (Å²) in [6.07, 6.45) is 0.170. The van der Waals surface area contributed by atoms with Crippen LogP contribution < -0.4 is 10.1 Å². The lowest BCUT2D eigenvalue weighted by molar-refractivity contribution is -0.137. The summed E-state index contributed by atoms with van der Waals surface area (Å²) in [5.41, 5.74) is 0.845. The Morgan fingerprint density at radius 1 is 0.945 bits per heavy atom. The van der Waals surface area contributed by atoms with Gasteiger partial charge in [0.1, 0.15) is 5.75 Å². The molecule has 0 aliphatic heterocycles. The third kappa shape index (κ3) is 8.97. The van der Waals surface area contributed by atoms with E-state index in [0.717, 1.165) is 23.3 Å². The summed E-state index contributed by atoms with van der Waals surface area (Å²) in [5, 5.41) is 26.9. The first kappa shape index (κ1) is 39.8. The fourth-order valence-corrected chi connectivity index (χ4v) is 8.38. The molecule has 4 aromatic carbocycles. The standard InChI is InChI=1S/C45H49F3N2O5/c1-30-9-8-23-43(2)40(38-21-15-32(25-36(51)18-14-30)26-39(38)41(52)33-12-7-13-34(27-33)45(46,47)48)22-24-44(43,54)29-50(28-31-10-5-4-6-11-31)42(53)49-35-16-19-37(55-3)20-17-35/h4-7,9-13,15-17,19-21,26-27,36,40,51,54H,8,14,18,22-25,28-29H2,1-3H3,(H,49,53). The number of nitrogens with zero attached hydrogens (tertiary/aromatic N) is 1. The number of allylic oxidation sites excluding steroid dienone is 2. The maximum Gasteiger partial charge on any atom is 0.416 e. The molecule has 0 aromatic heterocycles. The van der Waals surface area contributed by atoms with Crippen LogP contribution in [0.4, 0.5) is 23.7 Å². The lowest BCUT2D eigenvalue weighted by atomic mass is 9.64. The molecule has 3 N–H and O–H groups in total. The number of carbonyl (C=O) groups excluding carboxylic acids is 2. The van der Waals surface area contributed by atoms with Gasteiger partial charge in [0.15, 0.2) is 5.78 Å². The zero-order chi connectivity index (χ0) is 39.4. The highest BCUT2D eigenvalue weighted by Gasteiger charge is 2.57. The van der Waals surface area contributed by atoms with Crippen LogP contribution in [0.3, 0.4) is 0 Å². The van der Waals surface area contributed by atoms with E-state index in [1.54, 1.807) is 42.3 Å². The summed E-state index contributed by atoms with van der Waals surface area (Å²) in [5.74, 6) is -0.296. The average Bonchev–Trinajstić information content (AvgIpc) is 3.42. The van der Waals surface area contributed by atoms with Gasteiger partial charge in [0.2, 0.25) is 0 Å². The predicted molar refractivity (Wildman–Crippen MR) is 207 cm³/mol. The molecular formula is C45H49F3N2O5. The summed E-state index contributed by atoms with van der Waals surface area (Å²) in [4.78, 5) is 30.1. The van der Waals surface area contributed by atoms with Gasteiger partial charge in [-0.25, -0.2) is 4.79 Å². The number of benzene rings is 4. The molecule has 2 amide bonds. The van der Waals surface area contributed by atoms with Crippen LogP contribution >= 0.6 is 0 Å². The number of rotatable bonds is 8. The molecule has 0 radical (unpaired) electrons. The van der Waals surface area contributed by atoms with Crippen LogP contribution in [0.25, 0.3) is 0 Å². The number of carbonyl (C=O) groups is 2. The third-order valence-electron chi connectivity index (χ3n) is 11.7. The third-order valence-corrected chi connectivity index (χ3v) is 11.7. The Morgan fingerprint density at radius 3 is 2.40 bits per heavy atom. The van der Waals surface area contributed by atoms with E-state index in [1.165, 1.54) is 12.1 Å². The second-order valence-corrected chi connectivity index (χ2v) is 15.4. The van der Waals surface area contributed by atoms with Gasteiger partial charge < -0.3 is 25.2 Å². The summed E-state index contributed by atoms with van der Waals surface area (Å²) in [6.45, 7) is 4.25. The number of hydrogen-bond acceptors (Lipinski definition) is 5. The lowest BCUT2D eigenvalue weighted by Crippen LogP contribution is -2.54. The molecule has 0 saturated heterocycles. The zero-order valence-electron chi connectivity index (χ0n) is 31.5. The minimum Gasteiger partial charge on any atom is -0.497 e. The Bertz CT molecular complexity index is 2020. The SMILES string of the molecule is COc1ccc(NC(=O)N(Cc2ccccc2)CC2(O)CCC3c4ccc(cc4C(=O)c4cccc(C(F)(F)F)c4)CC(O)CCC(C)=CCCC32C)cc1. The van der Waals surface area contributed by atoms with E-state index in [-0.39, 0.29) is 36.6 Å². The minimum atomic E-state index is -4.63. The van der Waals surface area contributed by atoms with E-state index in [2.05, 4.69) is 11.4 Å². The number of amides is 2. The van der Waals surface area contributed by atoms with Gasteiger partial charge >= 0.3 is 12.2 Å². The molecule has 7 rings (SSSR count). The first-order chi connectivity index (χ1) is 26.2. The quantitative estimate of drug-likeness (QED) is 0.123. The molecule has 4 aromatic rings. The summed E-state index contributed by atoms with van der Waals surface area (Å²) < 4.78 is 46.6. The molecule has 7 nitrogen and oxygen atoms in total. The largest absolute Gasteiger partial charge is 0.497 e. The maximum absolute atomic E-state index is 14.4. The monoisotopic (exact) mass is 754 g/mol. The molecule has 10 heteroatoms. The second-order valence-electron chi connectivity index (χ2n) is 15.4. The number of halogens is 3. The van der Waals surface area contributed by atoms with Crippen molar-refractivity contribution in [2.75, 3.05) is 19.0 Å². The average molecular weight is 755 g/mol. The summed E-state index contributed by atoms with van der Waals surface area (Å²) in [7, 11) is 1.57. The summed E-state index contributed by atoms with van der Waals surface area (Å²) in [6, 6.07) is 26.0. The molecule has 1 saturated carbocycles. The van der Waals surface area contributed by atoms with Crippen LogP contribution in [0.15, 0.2) is 109 Å². The molecule has 290 valence electrons. The van der Waals surface area contributed by atoms with Crippen LogP contribution in [-0.4, -0.2) is 52.3 Å². The number of ketones is 1.